The number of hydrogen-bond donors (Lipinski definition) is 2. The van der Waals surface area contributed by atoms with Crippen LogP contribution in [0.25, 0.3) is 0 Å². The van der Waals surface area contributed by atoms with Crippen LogP contribution in [0.15, 0.2) is 47.9 Å². The summed E-state index contributed by atoms with van der Waals surface area (Å²) in [7, 11) is 1.61. The van der Waals surface area contributed by atoms with E-state index in [9.17, 15) is 0 Å². The van der Waals surface area contributed by atoms with Gasteiger partial charge >= 0.3 is 0 Å². The quantitative estimate of drug-likeness (QED) is 0.443. The van der Waals surface area contributed by atoms with Crippen LogP contribution in [0, 0.1) is 0 Å². The van der Waals surface area contributed by atoms with Crippen LogP contribution in [0.1, 0.15) is 6.92 Å². The van der Waals surface area contributed by atoms with Gasteiger partial charge in [0.15, 0.2) is 5.11 Å². The van der Waals surface area contributed by atoms with Gasteiger partial charge in [0.1, 0.15) is 5.76 Å². The summed E-state index contributed by atoms with van der Waals surface area (Å²) in [6, 6.07) is 0. The molecule has 0 unspecified atom stereocenters. The van der Waals surface area contributed by atoms with Gasteiger partial charge in [0.2, 0.25) is 0 Å². The fourth-order valence-electron chi connectivity index (χ4n) is 0.882. The average molecular weight is 273 g/mol. The average Bonchev–Trinajstić information content (AvgIpc) is 2.27. The number of hydrogen-bond acceptors (Lipinski definition) is 2. The lowest BCUT2D eigenvalue weighted by atomic mass is 10.4. The van der Waals surface area contributed by atoms with Crippen molar-refractivity contribution in [1.82, 2.24) is 10.6 Å². The van der Waals surface area contributed by atoms with Crippen molar-refractivity contribution in [3.63, 3.8) is 0 Å². The first-order chi connectivity index (χ1) is 7.99. The molecule has 2 N–H and O–H groups in total. The van der Waals surface area contributed by atoms with Gasteiger partial charge in [-0.25, -0.2) is 0 Å². The lowest BCUT2D eigenvalue weighted by molar-refractivity contribution is 0.283. The molecule has 0 saturated carbocycles. The molecule has 5 heteroatoms. The molecule has 0 rings (SSSR count). The summed E-state index contributed by atoms with van der Waals surface area (Å²) in [5.41, 5.74) is 0.628. The van der Waals surface area contributed by atoms with E-state index in [1.165, 1.54) is 0 Å². The van der Waals surface area contributed by atoms with Crippen molar-refractivity contribution in [3.05, 3.63) is 47.9 Å². The third-order valence-electron chi connectivity index (χ3n) is 1.75. The first-order valence-corrected chi connectivity index (χ1v) is 5.73. The molecular weight excluding hydrogens is 256 g/mol. The minimum Gasteiger partial charge on any atom is -0.500 e. The highest BCUT2D eigenvalue weighted by Crippen LogP contribution is 2.00. The fourth-order valence-corrected chi connectivity index (χ4v) is 1.15. The minimum atomic E-state index is 0.433. The molecule has 17 heavy (non-hydrogen) atoms. The monoisotopic (exact) mass is 272 g/mol. The van der Waals surface area contributed by atoms with Crippen LogP contribution in [-0.2, 0) is 4.74 Å². The van der Waals surface area contributed by atoms with Crippen molar-refractivity contribution in [2.24, 2.45) is 0 Å². The van der Waals surface area contributed by atoms with E-state index in [-0.39, 0.29) is 0 Å². The Morgan fingerprint density at radius 1 is 1.41 bits per heavy atom. The molecule has 94 valence electrons. The van der Waals surface area contributed by atoms with Gasteiger partial charge in [0.05, 0.1) is 13.7 Å². The molecule has 0 fully saturated rings. The zero-order valence-electron chi connectivity index (χ0n) is 10.0. The van der Waals surface area contributed by atoms with E-state index in [0.717, 1.165) is 5.76 Å². The molecular formula is C12H17ClN2OS. The molecule has 0 heterocycles. The van der Waals surface area contributed by atoms with Gasteiger partial charge in [-0.05, 0) is 37.4 Å². The Balaban J connectivity index is 4.02. The van der Waals surface area contributed by atoms with Crippen LogP contribution < -0.4 is 10.6 Å². The predicted molar refractivity (Wildman–Crippen MR) is 77.8 cm³/mol. The molecule has 0 atom stereocenters. The van der Waals surface area contributed by atoms with Gasteiger partial charge < -0.3 is 15.4 Å². The number of thiocarbonyl (C=S) groups is 1. The van der Waals surface area contributed by atoms with Gasteiger partial charge in [-0.3, -0.25) is 0 Å². The fraction of sp³-hybridized carbons (Fsp3) is 0.250. The first kappa shape index (κ1) is 15.7. The van der Waals surface area contributed by atoms with E-state index >= 15 is 0 Å². The van der Waals surface area contributed by atoms with Crippen molar-refractivity contribution in [2.45, 2.75) is 6.92 Å². The summed E-state index contributed by atoms with van der Waals surface area (Å²) in [4.78, 5) is 0. The van der Waals surface area contributed by atoms with Crippen molar-refractivity contribution in [3.8, 4) is 0 Å². The number of ether oxygens (including phenoxy) is 1. The second-order valence-corrected chi connectivity index (χ2v) is 3.97. The Kier molecular flexibility index (Phi) is 8.19. The maximum absolute atomic E-state index is 5.58. The summed E-state index contributed by atoms with van der Waals surface area (Å²) < 4.78 is 5.08. The molecule has 0 aliphatic carbocycles. The summed E-state index contributed by atoms with van der Waals surface area (Å²) >= 11 is 10.6. The number of nitrogens with one attached hydrogen (secondary N) is 2. The maximum atomic E-state index is 5.58. The van der Waals surface area contributed by atoms with Crippen LogP contribution in [0.5, 0.6) is 0 Å². The number of methoxy groups -OCH3 is 1. The van der Waals surface area contributed by atoms with E-state index in [0.29, 0.717) is 22.4 Å². The second kappa shape index (κ2) is 8.84. The van der Waals surface area contributed by atoms with Crippen molar-refractivity contribution >= 4 is 28.9 Å². The lowest BCUT2D eigenvalue weighted by Gasteiger charge is -2.11. The van der Waals surface area contributed by atoms with Gasteiger partial charge in [-0.15, -0.1) is 0 Å². The predicted octanol–water partition coefficient (Wildman–Crippen LogP) is 2.82. The molecule has 0 bridgehead atoms. The smallest absolute Gasteiger partial charge is 0.171 e. The van der Waals surface area contributed by atoms with Crippen LogP contribution in [0.2, 0.25) is 0 Å². The van der Waals surface area contributed by atoms with Gasteiger partial charge in [0, 0.05) is 10.7 Å². The normalized spacial score (nSPS) is 11.1. The molecule has 3 nitrogen and oxygen atoms in total. The maximum Gasteiger partial charge on any atom is 0.171 e. The van der Waals surface area contributed by atoms with Crippen LogP contribution in [0.3, 0.4) is 0 Å². The van der Waals surface area contributed by atoms with Crippen molar-refractivity contribution < 1.29 is 4.74 Å². The van der Waals surface area contributed by atoms with Crippen molar-refractivity contribution in [1.29, 1.82) is 0 Å². The zero-order chi connectivity index (χ0) is 13.3. The Labute approximate surface area is 113 Å². The number of allylic oxidation sites excluding steroid dienone is 4. The SMILES string of the molecule is C=C(Cl)/C=C\C(=C)NC(=S)NC/C(=C/C)OC. The Hall–Kier alpha value is -1.26. The van der Waals surface area contributed by atoms with Crippen LogP contribution >= 0.6 is 23.8 Å². The lowest BCUT2D eigenvalue weighted by Crippen LogP contribution is -2.35. The zero-order valence-corrected chi connectivity index (χ0v) is 11.6. The summed E-state index contributed by atoms with van der Waals surface area (Å²) in [5, 5.41) is 6.78. The van der Waals surface area contributed by atoms with E-state index in [1.807, 2.05) is 13.0 Å². The molecule has 0 saturated heterocycles. The molecule has 0 radical (unpaired) electrons. The highest BCUT2D eigenvalue weighted by Gasteiger charge is 1.98. The molecule has 0 aliphatic rings. The van der Waals surface area contributed by atoms with E-state index in [1.54, 1.807) is 19.3 Å². The van der Waals surface area contributed by atoms with Gasteiger partial charge in [0.25, 0.3) is 0 Å². The summed E-state index contributed by atoms with van der Waals surface area (Å²) in [6.45, 7) is 9.71. The minimum absolute atomic E-state index is 0.433. The Morgan fingerprint density at radius 2 is 2.06 bits per heavy atom. The van der Waals surface area contributed by atoms with E-state index in [4.69, 9.17) is 28.6 Å². The van der Waals surface area contributed by atoms with Crippen molar-refractivity contribution in [2.75, 3.05) is 13.7 Å². The van der Waals surface area contributed by atoms with Gasteiger partial charge in [-0.2, -0.15) is 0 Å². The molecule has 0 aromatic carbocycles. The highest BCUT2D eigenvalue weighted by atomic mass is 35.5. The van der Waals surface area contributed by atoms with Gasteiger partial charge in [-0.1, -0.05) is 24.8 Å². The number of halogens is 1. The first-order valence-electron chi connectivity index (χ1n) is 4.95. The molecule has 0 aromatic heterocycles. The van der Waals surface area contributed by atoms with E-state index in [2.05, 4.69) is 23.8 Å². The Bertz CT molecular complexity index is 362. The second-order valence-electron chi connectivity index (χ2n) is 3.07. The molecule has 0 aromatic rings. The van der Waals surface area contributed by atoms with Crippen LogP contribution in [0.4, 0.5) is 0 Å². The van der Waals surface area contributed by atoms with Crippen LogP contribution in [-0.4, -0.2) is 18.8 Å². The largest absolute Gasteiger partial charge is 0.500 e. The van der Waals surface area contributed by atoms with E-state index < -0.39 is 0 Å². The molecule has 0 amide bonds. The topological polar surface area (TPSA) is 33.3 Å². The summed E-state index contributed by atoms with van der Waals surface area (Å²) in [6.07, 6.45) is 5.18. The number of rotatable bonds is 6. The molecule has 0 aliphatic heterocycles. The third kappa shape index (κ3) is 8.54. The summed E-state index contributed by atoms with van der Waals surface area (Å²) in [5.74, 6) is 0.810. The molecule has 0 spiro atoms. The standard InChI is InChI=1S/C12H17ClN2OS/c1-5-11(16-4)8-14-12(17)15-10(3)7-6-9(2)13/h5-7H,2-3,8H2,1,4H3,(H2,14,15,17)/b7-6-,11-5-. The highest BCUT2D eigenvalue weighted by molar-refractivity contribution is 7.80. The Morgan fingerprint density at radius 3 is 2.53 bits per heavy atom. The third-order valence-corrected chi connectivity index (χ3v) is 2.12.